The van der Waals surface area contributed by atoms with Gasteiger partial charge >= 0.3 is 0 Å². The van der Waals surface area contributed by atoms with Crippen molar-refractivity contribution in [1.82, 2.24) is 0 Å². The van der Waals surface area contributed by atoms with Gasteiger partial charge in [0.25, 0.3) is 0 Å². The van der Waals surface area contributed by atoms with Crippen LogP contribution in [0.15, 0.2) is 36.4 Å². The third-order valence-corrected chi connectivity index (χ3v) is 2.63. The number of phenolic OH excluding ortho intramolecular Hbond substituents is 1. The van der Waals surface area contributed by atoms with E-state index in [4.69, 9.17) is 0 Å². The number of Topliss-reactive ketones (excluding diaryl/α,β-unsaturated/α-hetero) is 1. The molecular weight excluding hydrogens is 238 g/mol. The second-order valence-electron chi connectivity index (χ2n) is 3.91. The molecule has 0 aliphatic carbocycles. The Morgan fingerprint density at radius 1 is 1.06 bits per heavy atom. The molecule has 2 aromatic carbocycles. The van der Waals surface area contributed by atoms with Gasteiger partial charge in [0.05, 0.1) is 0 Å². The number of carbonyl (C=O) groups is 1. The molecule has 0 radical (unpaired) electrons. The summed E-state index contributed by atoms with van der Waals surface area (Å²) in [6.07, 6.45) is 0. The summed E-state index contributed by atoms with van der Waals surface area (Å²) >= 11 is 0. The van der Waals surface area contributed by atoms with Crippen molar-refractivity contribution < 1.29 is 18.7 Å². The Morgan fingerprint density at radius 2 is 1.72 bits per heavy atom. The third kappa shape index (κ3) is 2.22. The molecule has 1 N–H and O–H groups in total. The molecule has 0 saturated carbocycles. The molecule has 4 heteroatoms. The fraction of sp³-hybridized carbons (Fsp3) is 0.0714. The fourth-order valence-electron chi connectivity index (χ4n) is 1.69. The molecule has 2 nitrogen and oxygen atoms in total. The van der Waals surface area contributed by atoms with Crippen molar-refractivity contribution in [3.63, 3.8) is 0 Å². The lowest BCUT2D eigenvalue weighted by Gasteiger charge is -2.07. The van der Waals surface area contributed by atoms with E-state index in [1.54, 1.807) is 0 Å². The number of benzene rings is 2. The summed E-state index contributed by atoms with van der Waals surface area (Å²) < 4.78 is 26.3. The lowest BCUT2D eigenvalue weighted by molar-refractivity contribution is 0.101. The van der Waals surface area contributed by atoms with Crippen LogP contribution in [-0.4, -0.2) is 10.9 Å². The summed E-state index contributed by atoms with van der Waals surface area (Å²) in [4.78, 5) is 11.1. The molecule has 0 saturated heterocycles. The largest absolute Gasteiger partial charge is 0.507 e. The summed E-state index contributed by atoms with van der Waals surface area (Å²) in [7, 11) is 0. The molecular formula is C14H10F2O2. The Balaban J connectivity index is 2.54. The Bertz CT molecular complexity index is 621. The zero-order valence-electron chi connectivity index (χ0n) is 9.58. The van der Waals surface area contributed by atoms with Crippen LogP contribution < -0.4 is 0 Å². The van der Waals surface area contributed by atoms with Crippen LogP contribution in [0.1, 0.15) is 17.3 Å². The van der Waals surface area contributed by atoms with E-state index in [9.17, 15) is 18.7 Å². The highest BCUT2D eigenvalue weighted by Gasteiger charge is 2.12. The SMILES string of the molecule is CC(=O)c1ccc(-c2ccc(F)cc2F)c(O)c1. The number of phenols is 1. The van der Waals surface area contributed by atoms with E-state index in [-0.39, 0.29) is 22.7 Å². The molecule has 0 spiro atoms. The minimum absolute atomic E-state index is 0.0870. The van der Waals surface area contributed by atoms with Crippen molar-refractivity contribution in [2.45, 2.75) is 6.92 Å². The molecule has 0 amide bonds. The lowest BCUT2D eigenvalue weighted by atomic mass is 10.0. The highest BCUT2D eigenvalue weighted by atomic mass is 19.1. The third-order valence-electron chi connectivity index (χ3n) is 2.63. The quantitative estimate of drug-likeness (QED) is 0.825. The molecule has 0 heterocycles. The van der Waals surface area contributed by atoms with Crippen LogP contribution in [0.5, 0.6) is 5.75 Å². The number of hydrogen-bond donors (Lipinski definition) is 1. The highest BCUT2D eigenvalue weighted by Crippen LogP contribution is 2.32. The van der Waals surface area contributed by atoms with Gasteiger partial charge in [0.1, 0.15) is 17.4 Å². The fourth-order valence-corrected chi connectivity index (χ4v) is 1.69. The first-order chi connectivity index (χ1) is 8.49. The molecule has 2 rings (SSSR count). The van der Waals surface area contributed by atoms with Crippen LogP contribution in [-0.2, 0) is 0 Å². The van der Waals surface area contributed by atoms with Crippen molar-refractivity contribution in [1.29, 1.82) is 0 Å². The zero-order chi connectivity index (χ0) is 13.3. The second-order valence-corrected chi connectivity index (χ2v) is 3.91. The number of ketones is 1. The van der Waals surface area contributed by atoms with Crippen LogP contribution >= 0.6 is 0 Å². The molecule has 92 valence electrons. The Morgan fingerprint density at radius 3 is 2.28 bits per heavy atom. The molecule has 2 aromatic rings. The summed E-state index contributed by atoms with van der Waals surface area (Å²) in [5, 5.41) is 9.77. The van der Waals surface area contributed by atoms with Crippen molar-refractivity contribution in [2.24, 2.45) is 0 Å². The van der Waals surface area contributed by atoms with Crippen LogP contribution in [0.2, 0.25) is 0 Å². The van der Waals surface area contributed by atoms with Gasteiger partial charge < -0.3 is 5.11 Å². The Kier molecular flexibility index (Phi) is 3.10. The van der Waals surface area contributed by atoms with Crippen LogP contribution in [0.4, 0.5) is 8.78 Å². The molecule has 0 unspecified atom stereocenters. The van der Waals surface area contributed by atoms with Crippen LogP contribution in [0.3, 0.4) is 0 Å². The number of hydrogen-bond acceptors (Lipinski definition) is 2. The average molecular weight is 248 g/mol. The predicted molar refractivity (Wildman–Crippen MR) is 63.5 cm³/mol. The monoisotopic (exact) mass is 248 g/mol. The van der Waals surface area contributed by atoms with Crippen molar-refractivity contribution in [3.05, 3.63) is 53.6 Å². The van der Waals surface area contributed by atoms with Crippen molar-refractivity contribution in [2.75, 3.05) is 0 Å². The van der Waals surface area contributed by atoms with E-state index in [0.717, 1.165) is 12.1 Å². The lowest BCUT2D eigenvalue weighted by Crippen LogP contribution is -1.93. The topological polar surface area (TPSA) is 37.3 Å². The van der Waals surface area contributed by atoms with Gasteiger partial charge in [0, 0.05) is 22.8 Å². The summed E-state index contributed by atoms with van der Waals surface area (Å²) in [5.74, 6) is -1.86. The van der Waals surface area contributed by atoms with E-state index >= 15 is 0 Å². The van der Waals surface area contributed by atoms with Gasteiger partial charge in [-0.25, -0.2) is 8.78 Å². The molecule has 0 fully saturated rings. The average Bonchev–Trinajstić information content (AvgIpc) is 2.30. The first-order valence-corrected chi connectivity index (χ1v) is 5.28. The first kappa shape index (κ1) is 12.2. The number of rotatable bonds is 2. The standard InChI is InChI=1S/C14H10F2O2/c1-8(17)9-2-4-12(14(18)6-9)11-5-3-10(15)7-13(11)16/h2-7,18H,1H3. The molecule has 0 atom stereocenters. The maximum Gasteiger partial charge on any atom is 0.159 e. The van der Waals surface area contributed by atoms with Crippen LogP contribution in [0, 0.1) is 11.6 Å². The molecule has 18 heavy (non-hydrogen) atoms. The van der Waals surface area contributed by atoms with Gasteiger partial charge in [0.2, 0.25) is 0 Å². The molecule has 0 bridgehead atoms. The number of carbonyl (C=O) groups excluding carboxylic acids is 1. The van der Waals surface area contributed by atoms with Crippen LogP contribution in [0.25, 0.3) is 11.1 Å². The first-order valence-electron chi connectivity index (χ1n) is 5.28. The summed E-state index contributed by atoms with van der Waals surface area (Å²) in [6, 6.07) is 7.28. The van der Waals surface area contributed by atoms with E-state index in [0.29, 0.717) is 5.56 Å². The Labute approximate surface area is 103 Å². The number of halogens is 2. The maximum atomic E-state index is 13.6. The normalized spacial score (nSPS) is 10.4. The number of aromatic hydroxyl groups is 1. The van der Waals surface area contributed by atoms with Gasteiger partial charge in [-0.05, 0) is 31.2 Å². The van der Waals surface area contributed by atoms with Gasteiger partial charge in [-0.3, -0.25) is 4.79 Å². The summed E-state index contributed by atoms with van der Waals surface area (Å²) in [5.41, 5.74) is 0.639. The van der Waals surface area contributed by atoms with Gasteiger partial charge in [0.15, 0.2) is 5.78 Å². The van der Waals surface area contributed by atoms with E-state index in [2.05, 4.69) is 0 Å². The predicted octanol–water partition coefficient (Wildman–Crippen LogP) is 3.54. The zero-order valence-corrected chi connectivity index (χ0v) is 9.58. The minimum Gasteiger partial charge on any atom is -0.507 e. The molecule has 0 aliphatic rings. The smallest absolute Gasteiger partial charge is 0.159 e. The van der Waals surface area contributed by atoms with Gasteiger partial charge in [-0.1, -0.05) is 6.07 Å². The second kappa shape index (κ2) is 4.56. The Hall–Kier alpha value is -2.23. The minimum atomic E-state index is -0.763. The summed E-state index contributed by atoms with van der Waals surface area (Å²) in [6.45, 7) is 1.37. The highest BCUT2D eigenvalue weighted by molar-refractivity contribution is 5.95. The van der Waals surface area contributed by atoms with Gasteiger partial charge in [-0.15, -0.1) is 0 Å². The van der Waals surface area contributed by atoms with E-state index in [1.165, 1.54) is 31.2 Å². The van der Waals surface area contributed by atoms with E-state index < -0.39 is 11.6 Å². The maximum absolute atomic E-state index is 13.6. The van der Waals surface area contributed by atoms with E-state index in [1.807, 2.05) is 0 Å². The van der Waals surface area contributed by atoms with Crippen molar-refractivity contribution >= 4 is 5.78 Å². The molecule has 0 aromatic heterocycles. The van der Waals surface area contributed by atoms with Gasteiger partial charge in [-0.2, -0.15) is 0 Å². The van der Waals surface area contributed by atoms with Crippen molar-refractivity contribution in [3.8, 4) is 16.9 Å². The molecule has 0 aliphatic heterocycles.